The van der Waals surface area contributed by atoms with Gasteiger partial charge < -0.3 is 0 Å². The zero-order valence-electron chi connectivity index (χ0n) is 26.8. The lowest BCUT2D eigenvalue weighted by molar-refractivity contribution is 0.594. The van der Waals surface area contributed by atoms with E-state index in [9.17, 15) is 0 Å². The summed E-state index contributed by atoms with van der Waals surface area (Å²) in [6.45, 7) is 4.56. The van der Waals surface area contributed by atoms with Gasteiger partial charge in [0.15, 0.2) is 0 Å². The highest BCUT2D eigenvalue weighted by molar-refractivity contribution is 6.01. The summed E-state index contributed by atoms with van der Waals surface area (Å²) in [4.78, 5) is 0. The van der Waals surface area contributed by atoms with Gasteiger partial charge >= 0.3 is 0 Å². The monoisotopic (exact) mass is 566 g/mol. The summed E-state index contributed by atoms with van der Waals surface area (Å²) in [5.41, 5.74) is 7.97. The maximum atomic E-state index is 3.43. The molecule has 4 aromatic rings. The second kappa shape index (κ2) is 16.4. The quantitative estimate of drug-likeness (QED) is 0.0926. The van der Waals surface area contributed by atoms with E-state index in [4.69, 9.17) is 0 Å². The summed E-state index contributed by atoms with van der Waals surface area (Å²) in [6, 6.07) is 22.9. The lowest BCUT2D eigenvalue weighted by Crippen LogP contribution is -1.87. The van der Waals surface area contributed by atoms with E-state index in [2.05, 4.69) is 98.2 Å². The standard InChI is InChI=1S/C43H50/c1-3-5-7-9-11-13-15-17-19-21-34-23-27-38-36(31-34)25-29-40-41-30-26-37-32-35(24-28-39(37)43(41)33-42(38)40)22-20-18-16-14-12-10-8-6-4-2/h23-32H,3-18,33H2,1-2H3. The van der Waals surface area contributed by atoms with Gasteiger partial charge in [0.25, 0.3) is 0 Å². The molecule has 0 fully saturated rings. The predicted octanol–water partition coefficient (Wildman–Crippen LogP) is 12.5. The lowest BCUT2D eigenvalue weighted by atomic mass is 9.97. The van der Waals surface area contributed by atoms with Gasteiger partial charge in [-0.2, -0.15) is 0 Å². The number of hydrogen-bond acceptors (Lipinski definition) is 0. The van der Waals surface area contributed by atoms with E-state index in [0.29, 0.717) is 0 Å². The average molecular weight is 567 g/mol. The molecule has 0 nitrogen and oxygen atoms in total. The van der Waals surface area contributed by atoms with E-state index in [0.717, 1.165) is 30.4 Å². The van der Waals surface area contributed by atoms with E-state index >= 15 is 0 Å². The fourth-order valence-corrected chi connectivity index (χ4v) is 6.68. The van der Waals surface area contributed by atoms with Gasteiger partial charge in [0.1, 0.15) is 0 Å². The molecule has 1 aliphatic rings. The number of unbranched alkanes of at least 4 members (excludes halogenated alkanes) is 14. The Kier molecular flexibility index (Phi) is 11.8. The topological polar surface area (TPSA) is 0 Å². The summed E-state index contributed by atoms with van der Waals surface area (Å²) in [6.07, 6.45) is 21.7. The number of hydrogen-bond donors (Lipinski definition) is 0. The van der Waals surface area contributed by atoms with Crippen LogP contribution >= 0.6 is 0 Å². The van der Waals surface area contributed by atoms with Crippen molar-refractivity contribution in [1.82, 2.24) is 0 Å². The molecule has 0 saturated heterocycles. The van der Waals surface area contributed by atoms with Gasteiger partial charge in [-0.15, -0.1) is 0 Å². The highest BCUT2D eigenvalue weighted by atomic mass is 14.3. The summed E-state index contributed by atoms with van der Waals surface area (Å²) in [5, 5.41) is 5.34. The average Bonchev–Trinajstić information content (AvgIpc) is 3.42. The maximum Gasteiger partial charge on any atom is 0.0251 e. The summed E-state index contributed by atoms with van der Waals surface area (Å²) < 4.78 is 0. The Labute approximate surface area is 261 Å². The van der Waals surface area contributed by atoms with E-state index < -0.39 is 0 Å². The third-order valence-electron chi connectivity index (χ3n) is 9.18. The van der Waals surface area contributed by atoms with Crippen LogP contribution in [0, 0.1) is 23.7 Å². The van der Waals surface area contributed by atoms with Crippen molar-refractivity contribution >= 4 is 21.5 Å². The van der Waals surface area contributed by atoms with Gasteiger partial charge in [0.2, 0.25) is 0 Å². The molecular weight excluding hydrogens is 516 g/mol. The van der Waals surface area contributed by atoms with Crippen molar-refractivity contribution in [3.63, 3.8) is 0 Å². The molecule has 0 N–H and O–H groups in total. The Morgan fingerprint density at radius 2 is 0.884 bits per heavy atom. The van der Waals surface area contributed by atoms with Gasteiger partial charge in [-0.3, -0.25) is 0 Å². The van der Waals surface area contributed by atoms with Crippen molar-refractivity contribution in [2.24, 2.45) is 0 Å². The molecule has 0 heteroatoms. The SMILES string of the molecule is CCCCCCCCCC#Cc1ccc2c3c(ccc2c1)-c1ccc2cc(C#CCCCCCCCCC)ccc2c1C3. The minimum Gasteiger partial charge on any atom is -0.0979 e. The first kappa shape index (κ1) is 31.0. The molecule has 222 valence electrons. The molecule has 0 spiro atoms. The van der Waals surface area contributed by atoms with Crippen molar-refractivity contribution in [1.29, 1.82) is 0 Å². The fraction of sp³-hybridized carbons (Fsp3) is 0.442. The normalized spacial score (nSPS) is 11.6. The van der Waals surface area contributed by atoms with Crippen LogP contribution in [0.15, 0.2) is 60.7 Å². The summed E-state index contributed by atoms with van der Waals surface area (Å²) in [7, 11) is 0. The number of benzene rings is 4. The molecule has 0 amide bonds. The van der Waals surface area contributed by atoms with Crippen molar-refractivity contribution in [2.75, 3.05) is 0 Å². The lowest BCUT2D eigenvalue weighted by Gasteiger charge is -2.07. The Morgan fingerprint density at radius 3 is 1.33 bits per heavy atom. The third-order valence-corrected chi connectivity index (χ3v) is 9.18. The van der Waals surface area contributed by atoms with Gasteiger partial charge in [0, 0.05) is 24.0 Å². The molecule has 0 radical (unpaired) electrons. The largest absolute Gasteiger partial charge is 0.0979 e. The molecule has 0 heterocycles. The van der Waals surface area contributed by atoms with Gasteiger partial charge in [-0.1, -0.05) is 151 Å². The zero-order chi connectivity index (χ0) is 29.7. The van der Waals surface area contributed by atoms with E-state index in [1.54, 1.807) is 0 Å². The van der Waals surface area contributed by atoms with Crippen LogP contribution in [0.25, 0.3) is 32.7 Å². The summed E-state index contributed by atoms with van der Waals surface area (Å²) >= 11 is 0. The Balaban J connectivity index is 1.20. The first-order valence-corrected chi connectivity index (χ1v) is 17.4. The van der Waals surface area contributed by atoms with Crippen LogP contribution in [0.4, 0.5) is 0 Å². The molecule has 0 unspecified atom stereocenters. The van der Waals surface area contributed by atoms with Crippen LogP contribution in [0.5, 0.6) is 0 Å². The molecule has 0 saturated carbocycles. The van der Waals surface area contributed by atoms with Crippen molar-refractivity contribution in [3.8, 4) is 34.8 Å². The smallest absolute Gasteiger partial charge is 0.0251 e. The van der Waals surface area contributed by atoms with Gasteiger partial charge in [0.05, 0.1) is 0 Å². The predicted molar refractivity (Wildman–Crippen MR) is 189 cm³/mol. The summed E-state index contributed by atoms with van der Waals surface area (Å²) in [5.74, 6) is 13.7. The highest BCUT2D eigenvalue weighted by Gasteiger charge is 2.22. The Hall–Kier alpha value is -3.48. The third kappa shape index (κ3) is 8.33. The Morgan fingerprint density at radius 1 is 0.465 bits per heavy atom. The van der Waals surface area contributed by atoms with Crippen LogP contribution < -0.4 is 0 Å². The molecule has 0 atom stereocenters. The molecule has 0 bridgehead atoms. The molecule has 1 aliphatic carbocycles. The minimum absolute atomic E-state index is 0.992. The molecule has 0 aromatic heterocycles. The highest BCUT2D eigenvalue weighted by Crippen LogP contribution is 2.43. The van der Waals surface area contributed by atoms with Crippen molar-refractivity contribution in [3.05, 3.63) is 82.9 Å². The van der Waals surface area contributed by atoms with Gasteiger partial charge in [-0.25, -0.2) is 0 Å². The zero-order valence-corrected chi connectivity index (χ0v) is 26.8. The second-order valence-corrected chi connectivity index (χ2v) is 12.6. The first-order valence-electron chi connectivity index (χ1n) is 17.4. The molecule has 0 aliphatic heterocycles. The second-order valence-electron chi connectivity index (χ2n) is 12.6. The van der Waals surface area contributed by atoms with E-state index in [1.807, 2.05) is 0 Å². The molecular formula is C43H50. The maximum absolute atomic E-state index is 3.43. The van der Waals surface area contributed by atoms with Crippen LogP contribution in [0.3, 0.4) is 0 Å². The van der Waals surface area contributed by atoms with E-state index in [1.165, 1.54) is 134 Å². The fourth-order valence-electron chi connectivity index (χ4n) is 6.68. The molecule has 5 rings (SSSR count). The number of fused-ring (bicyclic) bond motifs is 7. The molecule has 4 aromatic carbocycles. The van der Waals surface area contributed by atoms with Crippen LogP contribution in [0.1, 0.15) is 139 Å². The first-order chi connectivity index (χ1) is 21.3. The Bertz CT molecular complexity index is 1500. The van der Waals surface area contributed by atoms with Crippen LogP contribution in [-0.2, 0) is 6.42 Å². The van der Waals surface area contributed by atoms with Gasteiger partial charge in [-0.05, 0) is 87.3 Å². The minimum atomic E-state index is 0.992. The van der Waals surface area contributed by atoms with Crippen LogP contribution in [-0.4, -0.2) is 0 Å². The number of rotatable bonds is 14. The van der Waals surface area contributed by atoms with Crippen LogP contribution in [0.2, 0.25) is 0 Å². The molecule has 43 heavy (non-hydrogen) atoms. The van der Waals surface area contributed by atoms with Crippen molar-refractivity contribution < 1.29 is 0 Å². The van der Waals surface area contributed by atoms with Crippen molar-refractivity contribution in [2.45, 2.75) is 123 Å². The van der Waals surface area contributed by atoms with E-state index in [-0.39, 0.29) is 0 Å².